The van der Waals surface area contributed by atoms with Gasteiger partial charge in [0.1, 0.15) is 6.04 Å². The molecule has 0 saturated carbocycles. The lowest BCUT2D eigenvalue weighted by Gasteiger charge is -2.30. The van der Waals surface area contributed by atoms with Crippen LogP contribution in [0.1, 0.15) is 26.7 Å². The van der Waals surface area contributed by atoms with Crippen LogP contribution in [0.4, 0.5) is 0 Å². The number of thioether (sulfide) groups is 1. The summed E-state index contributed by atoms with van der Waals surface area (Å²) in [6.07, 6.45) is 1.51. The SMILES string of the molecule is CC(C)C1NC(=O)CCN(C2CCSC2)C1=O. The Hall–Kier alpha value is -0.710. The number of carbonyl (C=O) groups is 2. The molecule has 5 heteroatoms. The molecule has 4 nitrogen and oxygen atoms in total. The molecule has 2 atom stereocenters. The summed E-state index contributed by atoms with van der Waals surface area (Å²) in [4.78, 5) is 26.0. The van der Waals surface area contributed by atoms with Crippen LogP contribution in [-0.2, 0) is 9.59 Å². The molecule has 1 N–H and O–H groups in total. The minimum atomic E-state index is -0.337. The van der Waals surface area contributed by atoms with Gasteiger partial charge in [-0.2, -0.15) is 11.8 Å². The molecule has 2 unspecified atom stereocenters. The van der Waals surface area contributed by atoms with Gasteiger partial charge in [0.15, 0.2) is 0 Å². The zero-order valence-corrected chi connectivity index (χ0v) is 11.3. The van der Waals surface area contributed by atoms with Gasteiger partial charge in [0.05, 0.1) is 0 Å². The lowest BCUT2D eigenvalue weighted by molar-refractivity contribution is -0.136. The number of hydrogen-bond acceptors (Lipinski definition) is 3. The van der Waals surface area contributed by atoms with Gasteiger partial charge in [-0.25, -0.2) is 0 Å². The number of amides is 2. The Morgan fingerprint density at radius 3 is 2.76 bits per heavy atom. The van der Waals surface area contributed by atoms with Crippen LogP contribution in [0.25, 0.3) is 0 Å². The van der Waals surface area contributed by atoms with Crippen molar-refractivity contribution in [3.05, 3.63) is 0 Å². The zero-order chi connectivity index (χ0) is 12.4. The molecule has 2 aliphatic rings. The Balaban J connectivity index is 2.14. The molecule has 0 spiro atoms. The maximum absolute atomic E-state index is 12.4. The van der Waals surface area contributed by atoms with Gasteiger partial charge in [0.2, 0.25) is 11.8 Å². The molecule has 17 heavy (non-hydrogen) atoms. The average molecular weight is 256 g/mol. The highest BCUT2D eigenvalue weighted by atomic mass is 32.2. The number of nitrogens with one attached hydrogen (secondary N) is 1. The molecule has 2 saturated heterocycles. The van der Waals surface area contributed by atoms with Crippen LogP contribution >= 0.6 is 11.8 Å². The van der Waals surface area contributed by atoms with Crippen molar-refractivity contribution < 1.29 is 9.59 Å². The van der Waals surface area contributed by atoms with Crippen molar-refractivity contribution in [2.24, 2.45) is 5.92 Å². The van der Waals surface area contributed by atoms with E-state index in [0.717, 1.165) is 17.9 Å². The van der Waals surface area contributed by atoms with E-state index in [9.17, 15) is 9.59 Å². The van der Waals surface area contributed by atoms with E-state index >= 15 is 0 Å². The van der Waals surface area contributed by atoms with Crippen molar-refractivity contribution in [2.45, 2.75) is 38.8 Å². The normalized spacial score (nSPS) is 30.6. The maximum Gasteiger partial charge on any atom is 0.245 e. The van der Waals surface area contributed by atoms with Gasteiger partial charge in [-0.15, -0.1) is 0 Å². The van der Waals surface area contributed by atoms with Gasteiger partial charge >= 0.3 is 0 Å². The highest BCUT2D eigenvalue weighted by Crippen LogP contribution is 2.24. The summed E-state index contributed by atoms with van der Waals surface area (Å²) in [6, 6.07) is -0.00273. The summed E-state index contributed by atoms with van der Waals surface area (Å²) < 4.78 is 0. The fourth-order valence-electron chi connectivity index (χ4n) is 2.40. The molecule has 2 rings (SSSR count). The molecule has 0 radical (unpaired) electrons. The first-order valence-electron chi connectivity index (χ1n) is 6.27. The molecule has 0 aromatic heterocycles. The summed E-state index contributed by atoms with van der Waals surface area (Å²) in [5.41, 5.74) is 0. The standard InChI is InChI=1S/C12H20N2O2S/c1-8(2)11-12(16)14(5-3-10(15)13-11)9-4-6-17-7-9/h8-9,11H,3-7H2,1-2H3,(H,13,15). The number of rotatable bonds is 2. The Morgan fingerprint density at radius 1 is 1.41 bits per heavy atom. The number of nitrogens with zero attached hydrogens (tertiary/aromatic N) is 1. The first-order valence-corrected chi connectivity index (χ1v) is 7.42. The second-order valence-electron chi connectivity index (χ2n) is 5.09. The maximum atomic E-state index is 12.4. The lowest BCUT2D eigenvalue weighted by Crippen LogP contribution is -2.50. The van der Waals surface area contributed by atoms with Gasteiger partial charge in [0, 0.05) is 24.8 Å². The quantitative estimate of drug-likeness (QED) is 0.797. The smallest absolute Gasteiger partial charge is 0.245 e. The van der Waals surface area contributed by atoms with Crippen molar-refractivity contribution in [1.82, 2.24) is 10.2 Å². The van der Waals surface area contributed by atoms with E-state index in [1.54, 1.807) is 0 Å². The second kappa shape index (κ2) is 5.29. The second-order valence-corrected chi connectivity index (χ2v) is 6.24. The molecule has 96 valence electrons. The Bertz CT molecular complexity index is 314. The van der Waals surface area contributed by atoms with Crippen LogP contribution < -0.4 is 5.32 Å². The Labute approximate surface area is 106 Å². The topological polar surface area (TPSA) is 49.4 Å². The monoisotopic (exact) mass is 256 g/mol. The van der Waals surface area contributed by atoms with Crippen LogP contribution in [0.15, 0.2) is 0 Å². The van der Waals surface area contributed by atoms with Crippen LogP contribution in [-0.4, -0.2) is 46.8 Å². The summed E-state index contributed by atoms with van der Waals surface area (Å²) in [5.74, 6) is 2.41. The molecular formula is C12H20N2O2S. The van der Waals surface area contributed by atoms with E-state index in [4.69, 9.17) is 0 Å². The largest absolute Gasteiger partial charge is 0.344 e. The summed E-state index contributed by atoms with van der Waals surface area (Å²) in [5, 5.41) is 2.84. The summed E-state index contributed by atoms with van der Waals surface area (Å²) in [6.45, 7) is 4.55. The minimum Gasteiger partial charge on any atom is -0.344 e. The van der Waals surface area contributed by atoms with Crippen molar-refractivity contribution in [3.8, 4) is 0 Å². The van der Waals surface area contributed by atoms with Gasteiger partial charge in [0.25, 0.3) is 0 Å². The fraction of sp³-hybridized carbons (Fsp3) is 0.833. The predicted octanol–water partition coefficient (Wildman–Crippen LogP) is 0.865. The van der Waals surface area contributed by atoms with E-state index in [2.05, 4.69) is 5.32 Å². The average Bonchev–Trinajstić information content (AvgIpc) is 2.74. The van der Waals surface area contributed by atoms with Gasteiger partial charge in [-0.1, -0.05) is 13.8 Å². The van der Waals surface area contributed by atoms with Crippen molar-refractivity contribution >= 4 is 23.6 Å². The van der Waals surface area contributed by atoms with E-state index in [0.29, 0.717) is 19.0 Å². The third-order valence-corrected chi connectivity index (χ3v) is 4.60. The van der Waals surface area contributed by atoms with Crippen molar-refractivity contribution in [2.75, 3.05) is 18.1 Å². The fourth-order valence-corrected chi connectivity index (χ4v) is 3.62. The van der Waals surface area contributed by atoms with Crippen molar-refractivity contribution in [1.29, 1.82) is 0 Å². The van der Waals surface area contributed by atoms with Gasteiger partial charge in [-0.05, 0) is 18.1 Å². The third kappa shape index (κ3) is 2.76. The highest BCUT2D eigenvalue weighted by molar-refractivity contribution is 7.99. The molecule has 0 bridgehead atoms. The predicted molar refractivity (Wildman–Crippen MR) is 68.8 cm³/mol. The Morgan fingerprint density at radius 2 is 2.18 bits per heavy atom. The van der Waals surface area contributed by atoms with Gasteiger partial charge in [-0.3, -0.25) is 9.59 Å². The zero-order valence-electron chi connectivity index (χ0n) is 10.4. The number of carbonyl (C=O) groups excluding carboxylic acids is 2. The van der Waals surface area contributed by atoms with Gasteiger partial charge < -0.3 is 10.2 Å². The lowest BCUT2D eigenvalue weighted by atomic mass is 10.0. The molecule has 0 aromatic rings. The Kier molecular flexibility index (Phi) is 3.97. The van der Waals surface area contributed by atoms with E-state index < -0.39 is 0 Å². The van der Waals surface area contributed by atoms with Crippen LogP contribution in [0.2, 0.25) is 0 Å². The molecule has 2 fully saturated rings. The van der Waals surface area contributed by atoms with E-state index in [1.165, 1.54) is 0 Å². The molecule has 2 heterocycles. The first-order chi connectivity index (χ1) is 8.09. The molecule has 0 aromatic carbocycles. The summed E-state index contributed by atoms with van der Waals surface area (Å²) >= 11 is 1.90. The third-order valence-electron chi connectivity index (χ3n) is 3.46. The first kappa shape index (κ1) is 12.7. The van der Waals surface area contributed by atoms with Crippen molar-refractivity contribution in [3.63, 3.8) is 0 Å². The van der Waals surface area contributed by atoms with E-state index in [-0.39, 0.29) is 23.8 Å². The van der Waals surface area contributed by atoms with E-state index in [1.807, 2.05) is 30.5 Å². The summed E-state index contributed by atoms with van der Waals surface area (Å²) in [7, 11) is 0. The molecular weight excluding hydrogens is 236 g/mol. The molecule has 0 aliphatic carbocycles. The van der Waals surface area contributed by atoms with Crippen LogP contribution in [0.3, 0.4) is 0 Å². The number of hydrogen-bond donors (Lipinski definition) is 1. The van der Waals surface area contributed by atoms with Crippen LogP contribution in [0, 0.1) is 5.92 Å². The minimum absolute atomic E-state index is 0.00481. The van der Waals surface area contributed by atoms with Crippen LogP contribution in [0.5, 0.6) is 0 Å². The molecule has 2 amide bonds. The highest BCUT2D eigenvalue weighted by Gasteiger charge is 2.36. The molecule has 2 aliphatic heterocycles.